The Morgan fingerprint density at radius 1 is 0.585 bits per heavy atom. The minimum atomic E-state index is -1.67. The number of aliphatic hydroxyl groups is 2. The van der Waals surface area contributed by atoms with Crippen LogP contribution in [0, 0.1) is 17.8 Å². The first kappa shape index (κ1) is 50.1. The van der Waals surface area contributed by atoms with Gasteiger partial charge in [0.1, 0.15) is 30.2 Å². The van der Waals surface area contributed by atoms with E-state index in [9.17, 15) is 48.9 Å². The van der Waals surface area contributed by atoms with Crippen LogP contribution in [0.2, 0.25) is 0 Å². The van der Waals surface area contributed by atoms with Gasteiger partial charge in [0.25, 0.3) is 5.97 Å². The number of carboxylic acid groups (broad SMARTS) is 2. The molecular formula is C32H59N9O12. The van der Waals surface area contributed by atoms with E-state index >= 15 is 0 Å². The normalized spacial score (nSPS) is 14.8. The predicted molar refractivity (Wildman–Crippen MR) is 191 cm³/mol. The third kappa shape index (κ3) is 20.5. The van der Waals surface area contributed by atoms with Crippen molar-refractivity contribution in [3.05, 3.63) is 0 Å². The van der Waals surface area contributed by atoms with Crippen LogP contribution < -0.4 is 43.4 Å². The minimum absolute atomic E-state index is 0.0364. The van der Waals surface area contributed by atoms with Crippen molar-refractivity contribution in [2.24, 2.45) is 34.2 Å². The Hall–Kier alpha value is -5.05. The summed E-state index contributed by atoms with van der Waals surface area (Å²) in [6, 6.07) is -7.86. The molecule has 0 aromatic heterocycles. The number of carboxylic acids is 2. The summed E-state index contributed by atoms with van der Waals surface area (Å²) in [6.45, 7) is 12.6. The van der Waals surface area contributed by atoms with Crippen LogP contribution in [0.15, 0.2) is 4.99 Å². The van der Waals surface area contributed by atoms with Crippen LogP contribution in [-0.4, -0.2) is 129 Å². The average Bonchev–Trinajstić information content (AvgIpc) is 3.02. The molecule has 0 aromatic carbocycles. The third-order valence-corrected chi connectivity index (χ3v) is 7.24. The molecule has 0 saturated heterocycles. The molecule has 7 atom stereocenters. The number of amides is 6. The number of nitrogens with zero attached hydrogens (tertiary/aromatic N) is 1. The van der Waals surface area contributed by atoms with Gasteiger partial charge in [-0.05, 0) is 37.5 Å². The van der Waals surface area contributed by atoms with E-state index in [1.807, 2.05) is 0 Å². The number of aliphatic hydroxyl groups excluding tert-OH is 2. The Balaban J connectivity index is 0. The Labute approximate surface area is 308 Å². The monoisotopic (exact) mass is 761 g/mol. The van der Waals surface area contributed by atoms with Gasteiger partial charge in [0.05, 0.1) is 12.7 Å². The van der Waals surface area contributed by atoms with Gasteiger partial charge in [-0.2, -0.15) is 0 Å². The van der Waals surface area contributed by atoms with Crippen LogP contribution in [0.5, 0.6) is 0 Å². The second-order valence-corrected chi connectivity index (χ2v) is 13.2. The Morgan fingerprint density at radius 3 is 1.26 bits per heavy atom. The fraction of sp³-hybridized carbons (Fsp3) is 0.719. The number of guanidine groups is 1. The molecular weight excluding hydrogens is 702 g/mol. The van der Waals surface area contributed by atoms with Crippen LogP contribution in [0.25, 0.3) is 0 Å². The first-order chi connectivity index (χ1) is 24.4. The van der Waals surface area contributed by atoms with Gasteiger partial charge in [-0.25, -0.2) is 4.79 Å². The van der Waals surface area contributed by atoms with Crippen LogP contribution in [0.3, 0.4) is 0 Å². The molecule has 0 saturated carbocycles. The maximum absolute atomic E-state index is 13.5. The van der Waals surface area contributed by atoms with Crippen molar-refractivity contribution >= 4 is 53.3 Å². The number of aliphatic carboxylic acids is 2. The number of aliphatic imine (C=N–C) groups is 1. The maximum Gasteiger partial charge on any atom is 0.328 e. The SMILES string of the molecule is CC(=O)N[C@@H](CO)C(=O)N[C@H](C(=O)N[C@H](C(=O)N[C@H](C(=O)N[C@@H](CCCN=C(N)N)C(=O)N[C@H](C(=O)O)[C@@H](C)O)C(C)C)C(C)C)C(C)C.CC(=O)O. The zero-order valence-corrected chi connectivity index (χ0v) is 31.8. The molecule has 304 valence electrons. The Bertz CT molecular complexity index is 1280. The fourth-order valence-electron chi connectivity index (χ4n) is 4.46. The molecule has 0 aliphatic carbocycles. The van der Waals surface area contributed by atoms with Gasteiger partial charge in [-0.1, -0.05) is 41.5 Å². The van der Waals surface area contributed by atoms with Crippen molar-refractivity contribution in [2.75, 3.05) is 13.2 Å². The lowest BCUT2D eigenvalue weighted by atomic mass is 9.97. The zero-order chi connectivity index (χ0) is 41.7. The van der Waals surface area contributed by atoms with Crippen LogP contribution >= 0.6 is 0 Å². The number of carbonyl (C=O) groups excluding carboxylic acids is 6. The lowest BCUT2D eigenvalue weighted by Gasteiger charge is -2.30. The lowest BCUT2D eigenvalue weighted by molar-refractivity contribution is -0.145. The highest BCUT2D eigenvalue weighted by Gasteiger charge is 2.36. The van der Waals surface area contributed by atoms with Gasteiger partial charge in [0, 0.05) is 20.4 Å². The molecule has 0 heterocycles. The summed E-state index contributed by atoms with van der Waals surface area (Å²) in [5, 5.41) is 50.8. The maximum atomic E-state index is 13.5. The Kier molecular flexibility index (Phi) is 23.6. The third-order valence-electron chi connectivity index (χ3n) is 7.24. The molecule has 0 bridgehead atoms. The topological polar surface area (TPSA) is 354 Å². The van der Waals surface area contributed by atoms with Crippen LogP contribution in [0.4, 0.5) is 0 Å². The first-order valence-corrected chi connectivity index (χ1v) is 16.9. The molecule has 0 unspecified atom stereocenters. The molecule has 6 amide bonds. The first-order valence-electron chi connectivity index (χ1n) is 16.9. The van der Waals surface area contributed by atoms with E-state index < -0.39 is 114 Å². The van der Waals surface area contributed by atoms with Crippen LogP contribution in [0.1, 0.15) is 75.2 Å². The number of hydrogen-bond acceptors (Lipinski definition) is 11. The molecule has 0 aromatic rings. The quantitative estimate of drug-likeness (QED) is 0.0307. The summed E-state index contributed by atoms with van der Waals surface area (Å²) in [4.78, 5) is 102. The van der Waals surface area contributed by atoms with E-state index in [0.29, 0.717) is 0 Å². The minimum Gasteiger partial charge on any atom is -0.481 e. The summed E-state index contributed by atoms with van der Waals surface area (Å²) < 4.78 is 0. The number of carbonyl (C=O) groups is 8. The molecule has 0 aliphatic heterocycles. The number of hydrogen-bond donors (Lipinski definition) is 12. The lowest BCUT2D eigenvalue weighted by Crippen LogP contribution is -2.62. The second-order valence-electron chi connectivity index (χ2n) is 13.2. The smallest absolute Gasteiger partial charge is 0.328 e. The molecule has 0 spiro atoms. The zero-order valence-electron chi connectivity index (χ0n) is 31.8. The molecule has 21 nitrogen and oxygen atoms in total. The van der Waals surface area contributed by atoms with Crippen molar-refractivity contribution in [1.29, 1.82) is 0 Å². The van der Waals surface area contributed by atoms with Crippen molar-refractivity contribution in [2.45, 2.75) is 118 Å². The van der Waals surface area contributed by atoms with Crippen molar-refractivity contribution in [1.82, 2.24) is 31.9 Å². The summed E-state index contributed by atoms with van der Waals surface area (Å²) >= 11 is 0. The van der Waals surface area contributed by atoms with E-state index in [1.165, 1.54) is 6.92 Å². The molecule has 0 fully saturated rings. The molecule has 14 N–H and O–H groups in total. The van der Waals surface area contributed by atoms with Crippen molar-refractivity contribution in [3.63, 3.8) is 0 Å². The summed E-state index contributed by atoms with van der Waals surface area (Å²) in [6.07, 6.45) is -1.30. The number of nitrogens with one attached hydrogen (secondary N) is 6. The van der Waals surface area contributed by atoms with E-state index in [4.69, 9.17) is 21.4 Å². The van der Waals surface area contributed by atoms with Gasteiger partial charge < -0.3 is 63.8 Å². The van der Waals surface area contributed by atoms with E-state index in [1.54, 1.807) is 41.5 Å². The molecule has 0 aliphatic rings. The second kappa shape index (κ2) is 25.0. The summed E-state index contributed by atoms with van der Waals surface area (Å²) in [5.41, 5.74) is 10.7. The Morgan fingerprint density at radius 2 is 0.943 bits per heavy atom. The largest absolute Gasteiger partial charge is 0.481 e. The van der Waals surface area contributed by atoms with Gasteiger partial charge in [-0.3, -0.25) is 38.6 Å². The standard InChI is InChI=1S/C30H55N9O10.C2H4O2/c1-13(2)20(26(45)35-18(10-9-11-33-30(31)32)24(43)39-23(16(7)41)29(48)49)37-28(47)22(15(5)6)38-27(46)21(14(3)4)36-25(44)19(12-40)34-17(8)42;1-2(3)4/h13-16,18-23,40-41H,9-12H2,1-8H3,(H,34,42)(H,35,45)(H,36,44)(H,37,47)(H,38,46)(H,39,43)(H,48,49)(H4,31,32,33);1H3,(H,3,4)/t16-,18+,19+,20+,21+,22+,23+;/m1./s1. The van der Waals surface area contributed by atoms with Gasteiger partial charge >= 0.3 is 5.97 Å². The van der Waals surface area contributed by atoms with Gasteiger partial charge in [0.2, 0.25) is 35.4 Å². The van der Waals surface area contributed by atoms with Crippen molar-refractivity contribution in [3.8, 4) is 0 Å². The van der Waals surface area contributed by atoms with E-state index in [-0.39, 0.29) is 25.3 Å². The number of nitrogens with two attached hydrogens (primary N) is 2. The summed E-state index contributed by atoms with van der Waals surface area (Å²) in [5.74, 6) is -8.59. The average molecular weight is 762 g/mol. The highest BCUT2D eigenvalue weighted by atomic mass is 16.4. The molecule has 21 heteroatoms. The van der Waals surface area contributed by atoms with Crippen LogP contribution in [-0.2, 0) is 38.4 Å². The molecule has 0 radical (unpaired) electrons. The van der Waals surface area contributed by atoms with Crippen molar-refractivity contribution < 1.29 is 58.8 Å². The highest BCUT2D eigenvalue weighted by molar-refractivity contribution is 5.97. The molecule has 0 rings (SSSR count). The molecule has 53 heavy (non-hydrogen) atoms. The number of rotatable bonds is 21. The van der Waals surface area contributed by atoms with E-state index in [2.05, 4.69) is 36.9 Å². The highest BCUT2D eigenvalue weighted by Crippen LogP contribution is 2.11. The van der Waals surface area contributed by atoms with Gasteiger partial charge in [-0.15, -0.1) is 0 Å². The van der Waals surface area contributed by atoms with Gasteiger partial charge in [0.15, 0.2) is 12.0 Å². The summed E-state index contributed by atoms with van der Waals surface area (Å²) in [7, 11) is 0. The predicted octanol–water partition coefficient (Wildman–Crippen LogP) is -3.51. The fourth-order valence-corrected chi connectivity index (χ4v) is 4.46. The van der Waals surface area contributed by atoms with E-state index in [0.717, 1.165) is 13.8 Å².